The summed E-state index contributed by atoms with van der Waals surface area (Å²) in [6.07, 6.45) is -0.546. The number of hydrogen-bond donors (Lipinski definition) is 1. The van der Waals surface area contributed by atoms with Crippen molar-refractivity contribution in [2.24, 2.45) is 0 Å². The molecule has 0 saturated carbocycles. The predicted molar refractivity (Wildman–Crippen MR) is 101 cm³/mol. The van der Waals surface area contributed by atoms with Crippen molar-refractivity contribution in [1.29, 1.82) is 0 Å². The molecule has 0 saturated heterocycles. The predicted octanol–water partition coefficient (Wildman–Crippen LogP) is 4.63. The van der Waals surface area contributed by atoms with Gasteiger partial charge >= 0.3 is 0 Å². The first-order valence-corrected chi connectivity index (χ1v) is 9.22. The molecular weight excluding hydrogens is 342 g/mol. The van der Waals surface area contributed by atoms with E-state index >= 15 is 0 Å². The summed E-state index contributed by atoms with van der Waals surface area (Å²) < 4.78 is 5.66. The van der Waals surface area contributed by atoms with E-state index in [1.54, 1.807) is 30.8 Å². The average molecular weight is 364 g/mol. The molecule has 0 fully saturated rings. The van der Waals surface area contributed by atoms with Gasteiger partial charge < -0.3 is 10.1 Å². The van der Waals surface area contributed by atoms with Gasteiger partial charge in [-0.1, -0.05) is 29.3 Å². The molecule has 0 unspecified atom stereocenters. The summed E-state index contributed by atoms with van der Waals surface area (Å²) in [6, 6.07) is 13.7. The number of amides is 1. The third-order valence-electron chi connectivity index (χ3n) is 3.50. The van der Waals surface area contributed by atoms with Crippen LogP contribution in [0.15, 0.2) is 47.4 Å². The minimum absolute atomic E-state index is 0.118. The molecule has 0 spiro atoms. The highest BCUT2D eigenvalue weighted by Crippen LogP contribution is 2.22. The fourth-order valence-corrected chi connectivity index (χ4v) is 2.96. The largest absolute Gasteiger partial charge is 0.481 e. The third-order valence-corrected chi connectivity index (χ3v) is 4.94. The van der Waals surface area contributed by atoms with Crippen LogP contribution < -0.4 is 10.1 Å². The maximum absolute atomic E-state index is 12.1. The Morgan fingerprint density at radius 1 is 1.21 bits per heavy atom. The van der Waals surface area contributed by atoms with Crippen LogP contribution >= 0.6 is 23.4 Å². The molecule has 3 nitrogen and oxygen atoms in total. The maximum Gasteiger partial charge on any atom is 0.260 e. The number of rotatable bonds is 7. The lowest BCUT2D eigenvalue weighted by Gasteiger charge is -2.15. The zero-order valence-electron chi connectivity index (χ0n) is 14.1. The summed E-state index contributed by atoms with van der Waals surface area (Å²) in [6.45, 7) is 6.32. The van der Waals surface area contributed by atoms with Crippen LogP contribution in [0.1, 0.15) is 18.1 Å². The van der Waals surface area contributed by atoms with Crippen LogP contribution in [0, 0.1) is 13.8 Å². The number of carbonyl (C=O) groups is 1. The van der Waals surface area contributed by atoms with E-state index in [4.69, 9.17) is 16.3 Å². The van der Waals surface area contributed by atoms with Crippen molar-refractivity contribution in [1.82, 2.24) is 5.32 Å². The summed E-state index contributed by atoms with van der Waals surface area (Å²) in [5.74, 6) is 1.35. The van der Waals surface area contributed by atoms with Crippen molar-refractivity contribution in [3.8, 4) is 5.75 Å². The van der Waals surface area contributed by atoms with Gasteiger partial charge in [0.1, 0.15) is 5.75 Å². The fraction of sp³-hybridized carbons (Fsp3) is 0.316. The Hall–Kier alpha value is -1.65. The quantitative estimate of drug-likeness (QED) is 0.575. The summed E-state index contributed by atoms with van der Waals surface area (Å²) in [5.41, 5.74) is 2.17. The van der Waals surface area contributed by atoms with E-state index in [0.29, 0.717) is 17.3 Å². The first-order chi connectivity index (χ1) is 11.5. The lowest BCUT2D eigenvalue weighted by Crippen LogP contribution is -2.37. The second-order valence-corrected chi connectivity index (χ2v) is 7.20. The van der Waals surface area contributed by atoms with E-state index < -0.39 is 6.10 Å². The van der Waals surface area contributed by atoms with Gasteiger partial charge in [-0.25, -0.2) is 0 Å². The van der Waals surface area contributed by atoms with Gasteiger partial charge in [0, 0.05) is 22.2 Å². The molecule has 0 bridgehead atoms. The number of thioether (sulfide) groups is 1. The molecule has 0 aliphatic rings. The van der Waals surface area contributed by atoms with E-state index in [2.05, 4.69) is 36.5 Å². The molecule has 2 aromatic rings. The van der Waals surface area contributed by atoms with Gasteiger partial charge in [0.15, 0.2) is 6.10 Å². The summed E-state index contributed by atoms with van der Waals surface area (Å²) >= 11 is 7.71. The number of benzene rings is 2. The highest BCUT2D eigenvalue weighted by Gasteiger charge is 2.14. The summed E-state index contributed by atoms with van der Waals surface area (Å²) in [4.78, 5) is 13.3. The van der Waals surface area contributed by atoms with Crippen molar-refractivity contribution in [2.45, 2.75) is 31.8 Å². The molecule has 0 aliphatic heterocycles. The Balaban J connectivity index is 1.73. The van der Waals surface area contributed by atoms with Crippen LogP contribution in [0.3, 0.4) is 0 Å². The van der Waals surface area contributed by atoms with E-state index in [9.17, 15) is 4.79 Å². The highest BCUT2D eigenvalue weighted by atomic mass is 35.5. The molecule has 1 amide bonds. The molecule has 1 N–H and O–H groups in total. The van der Waals surface area contributed by atoms with Crippen molar-refractivity contribution in [3.05, 3.63) is 58.6 Å². The first kappa shape index (κ1) is 18.7. The van der Waals surface area contributed by atoms with Crippen LogP contribution in [0.5, 0.6) is 5.75 Å². The van der Waals surface area contributed by atoms with Crippen LogP contribution in [0.4, 0.5) is 0 Å². The normalized spacial score (nSPS) is 11.8. The van der Waals surface area contributed by atoms with Gasteiger partial charge in [-0.15, -0.1) is 11.8 Å². The van der Waals surface area contributed by atoms with Gasteiger partial charge in [-0.3, -0.25) is 4.79 Å². The zero-order valence-corrected chi connectivity index (χ0v) is 15.7. The molecule has 0 heterocycles. The second-order valence-electron chi connectivity index (χ2n) is 5.62. The number of ether oxygens (including phenoxy) is 1. The molecule has 2 rings (SSSR count). The molecular formula is C19H22ClNO2S. The molecule has 24 heavy (non-hydrogen) atoms. The van der Waals surface area contributed by atoms with E-state index in [-0.39, 0.29) is 5.91 Å². The second kappa shape index (κ2) is 9.00. The molecule has 128 valence electrons. The number of carbonyl (C=O) groups excluding carboxylic acids is 1. The molecule has 0 radical (unpaired) electrons. The number of halogens is 1. The van der Waals surface area contributed by atoms with Crippen LogP contribution in [-0.4, -0.2) is 24.3 Å². The Labute approximate surface area is 152 Å². The fourth-order valence-electron chi connectivity index (χ4n) is 2.07. The Kier molecular flexibility index (Phi) is 7.00. The Morgan fingerprint density at radius 2 is 1.92 bits per heavy atom. The van der Waals surface area contributed by atoms with Crippen LogP contribution in [0.25, 0.3) is 0 Å². The average Bonchev–Trinajstić information content (AvgIpc) is 2.56. The van der Waals surface area contributed by atoms with Crippen LogP contribution in [-0.2, 0) is 4.79 Å². The maximum atomic E-state index is 12.1. The van der Waals surface area contributed by atoms with Gasteiger partial charge in [0.25, 0.3) is 5.91 Å². The monoisotopic (exact) mass is 363 g/mol. The van der Waals surface area contributed by atoms with Gasteiger partial charge in [0.2, 0.25) is 0 Å². The lowest BCUT2D eigenvalue weighted by atomic mass is 10.2. The van der Waals surface area contributed by atoms with E-state index in [0.717, 1.165) is 11.3 Å². The minimum Gasteiger partial charge on any atom is -0.481 e. The van der Waals surface area contributed by atoms with Crippen molar-refractivity contribution in [3.63, 3.8) is 0 Å². The number of hydrogen-bond acceptors (Lipinski definition) is 3. The first-order valence-electron chi connectivity index (χ1n) is 7.85. The molecule has 0 aliphatic carbocycles. The van der Waals surface area contributed by atoms with Crippen LogP contribution in [0.2, 0.25) is 5.02 Å². The van der Waals surface area contributed by atoms with E-state index in [1.165, 1.54) is 10.5 Å². The Bertz CT molecular complexity index is 688. The summed E-state index contributed by atoms with van der Waals surface area (Å²) in [5, 5.41) is 3.59. The van der Waals surface area contributed by atoms with E-state index in [1.807, 2.05) is 13.0 Å². The number of nitrogens with one attached hydrogen (secondary N) is 1. The number of aryl methyl sites for hydroxylation is 2. The Morgan fingerprint density at radius 3 is 2.58 bits per heavy atom. The highest BCUT2D eigenvalue weighted by molar-refractivity contribution is 7.99. The zero-order chi connectivity index (χ0) is 17.5. The smallest absolute Gasteiger partial charge is 0.260 e. The summed E-state index contributed by atoms with van der Waals surface area (Å²) in [7, 11) is 0. The third kappa shape index (κ3) is 5.77. The minimum atomic E-state index is -0.546. The lowest BCUT2D eigenvalue weighted by molar-refractivity contribution is -0.127. The van der Waals surface area contributed by atoms with Gasteiger partial charge in [0.05, 0.1) is 0 Å². The van der Waals surface area contributed by atoms with Crippen molar-refractivity contribution >= 4 is 29.3 Å². The topological polar surface area (TPSA) is 38.3 Å². The molecule has 1 atom stereocenters. The van der Waals surface area contributed by atoms with Gasteiger partial charge in [-0.05, 0) is 56.7 Å². The molecule has 5 heteroatoms. The molecule has 0 aromatic heterocycles. The van der Waals surface area contributed by atoms with Gasteiger partial charge in [-0.2, -0.15) is 0 Å². The standard InChI is InChI=1S/C19H22ClNO2S/c1-13-4-7-17(8-5-13)24-11-10-21-19(22)15(3)23-16-6-9-18(20)14(2)12-16/h4-9,12,15H,10-11H2,1-3H3,(H,21,22)/t15-/m0/s1. The van der Waals surface area contributed by atoms with Crippen molar-refractivity contribution in [2.75, 3.05) is 12.3 Å². The van der Waals surface area contributed by atoms with Crippen molar-refractivity contribution < 1.29 is 9.53 Å². The SMILES string of the molecule is Cc1ccc(SCCNC(=O)[C@H](C)Oc2ccc(Cl)c(C)c2)cc1. The molecule has 2 aromatic carbocycles.